The third kappa shape index (κ3) is 3.18. The van der Waals surface area contributed by atoms with Gasteiger partial charge in [-0.1, -0.05) is 13.8 Å². The number of aromatic nitrogens is 1. The van der Waals surface area contributed by atoms with Gasteiger partial charge in [-0.15, -0.1) is 0 Å². The molecule has 96 valence electrons. The fourth-order valence-electron chi connectivity index (χ4n) is 2.25. The van der Waals surface area contributed by atoms with E-state index in [4.69, 9.17) is 4.74 Å². The Kier molecular flexibility index (Phi) is 4.01. The molecule has 1 saturated heterocycles. The molecule has 1 unspecified atom stereocenters. The smallest absolute Gasteiger partial charge is 0.225 e. The van der Waals surface area contributed by atoms with Crippen molar-refractivity contribution in [3.63, 3.8) is 0 Å². The Balaban J connectivity index is 1.88. The summed E-state index contributed by atoms with van der Waals surface area (Å²) >= 11 is 1.51. The molecule has 0 bridgehead atoms. The lowest BCUT2D eigenvalue weighted by Crippen LogP contribution is -2.52. The Bertz CT molecular complexity index is 364. The Hall–Kier alpha value is -0.650. The highest BCUT2D eigenvalue weighted by Gasteiger charge is 2.31. The average molecular weight is 255 g/mol. The molecule has 4 nitrogen and oxygen atoms in total. The maximum atomic E-state index is 5.09. The van der Waals surface area contributed by atoms with Crippen molar-refractivity contribution in [3.8, 4) is 5.88 Å². The van der Waals surface area contributed by atoms with Crippen molar-refractivity contribution in [2.45, 2.75) is 32.9 Å². The number of nitrogens with one attached hydrogen (secondary N) is 2. The Morgan fingerprint density at radius 1 is 1.65 bits per heavy atom. The minimum Gasteiger partial charge on any atom is -0.480 e. The van der Waals surface area contributed by atoms with Crippen molar-refractivity contribution in [2.24, 2.45) is 5.41 Å². The first kappa shape index (κ1) is 12.8. The first-order valence-electron chi connectivity index (χ1n) is 6.05. The van der Waals surface area contributed by atoms with Crippen LogP contribution in [0.3, 0.4) is 0 Å². The van der Waals surface area contributed by atoms with Crippen LogP contribution in [0.4, 0.5) is 0 Å². The van der Waals surface area contributed by atoms with Crippen molar-refractivity contribution in [3.05, 3.63) is 10.9 Å². The van der Waals surface area contributed by atoms with Gasteiger partial charge in [0.15, 0.2) is 0 Å². The molecule has 0 saturated carbocycles. The Morgan fingerprint density at radius 3 is 3.12 bits per heavy atom. The van der Waals surface area contributed by atoms with Gasteiger partial charge in [0.25, 0.3) is 0 Å². The van der Waals surface area contributed by atoms with Crippen LogP contribution >= 0.6 is 11.5 Å². The van der Waals surface area contributed by atoms with Gasteiger partial charge in [0.05, 0.1) is 7.11 Å². The first-order chi connectivity index (χ1) is 8.12. The molecule has 0 aliphatic carbocycles. The highest BCUT2D eigenvalue weighted by molar-refractivity contribution is 7.05. The summed E-state index contributed by atoms with van der Waals surface area (Å²) in [6.07, 6.45) is 1.18. The molecule has 1 aromatic rings. The van der Waals surface area contributed by atoms with Gasteiger partial charge in [-0.25, -0.2) is 0 Å². The van der Waals surface area contributed by atoms with E-state index in [1.807, 2.05) is 6.07 Å². The summed E-state index contributed by atoms with van der Waals surface area (Å²) in [7, 11) is 1.65. The molecule has 2 heterocycles. The summed E-state index contributed by atoms with van der Waals surface area (Å²) in [5.41, 5.74) is 0.313. The van der Waals surface area contributed by atoms with E-state index in [0.717, 1.165) is 25.5 Å². The summed E-state index contributed by atoms with van der Waals surface area (Å²) in [6, 6.07) is 2.57. The lowest BCUT2D eigenvalue weighted by Gasteiger charge is -2.39. The summed E-state index contributed by atoms with van der Waals surface area (Å²) in [5.74, 6) is 0.719. The van der Waals surface area contributed by atoms with Crippen LogP contribution in [-0.2, 0) is 6.54 Å². The molecular formula is C12H21N3OS. The number of methoxy groups -OCH3 is 1. The van der Waals surface area contributed by atoms with Crippen molar-refractivity contribution < 1.29 is 4.74 Å². The zero-order valence-corrected chi connectivity index (χ0v) is 11.6. The van der Waals surface area contributed by atoms with E-state index in [-0.39, 0.29) is 0 Å². The van der Waals surface area contributed by atoms with Crippen LogP contribution < -0.4 is 15.4 Å². The van der Waals surface area contributed by atoms with Crippen LogP contribution in [0.5, 0.6) is 5.88 Å². The van der Waals surface area contributed by atoms with Gasteiger partial charge in [0.2, 0.25) is 5.88 Å². The number of hydrogen-bond donors (Lipinski definition) is 2. The fourth-order valence-corrected chi connectivity index (χ4v) is 2.88. The van der Waals surface area contributed by atoms with Gasteiger partial charge in [0.1, 0.15) is 0 Å². The van der Waals surface area contributed by atoms with E-state index >= 15 is 0 Å². The standard InChI is InChI=1S/C12H21N3OS/c1-12(2)8-13-5-4-10(12)14-7-9-6-11(16-3)15-17-9/h6,10,13-14H,4-5,7-8H2,1-3H3. The summed E-state index contributed by atoms with van der Waals surface area (Å²) in [5, 5.41) is 7.09. The average Bonchev–Trinajstić information content (AvgIpc) is 2.75. The van der Waals surface area contributed by atoms with Crippen LogP contribution in [0.15, 0.2) is 6.07 Å². The van der Waals surface area contributed by atoms with Crippen molar-refractivity contribution in [1.29, 1.82) is 0 Å². The fraction of sp³-hybridized carbons (Fsp3) is 0.750. The molecule has 2 rings (SSSR count). The molecule has 5 heteroatoms. The van der Waals surface area contributed by atoms with E-state index in [2.05, 4.69) is 28.9 Å². The lowest BCUT2D eigenvalue weighted by molar-refractivity contribution is 0.184. The molecule has 1 aliphatic heterocycles. The van der Waals surface area contributed by atoms with E-state index in [1.165, 1.54) is 22.8 Å². The molecule has 1 fully saturated rings. The lowest BCUT2D eigenvalue weighted by atomic mass is 9.80. The zero-order valence-electron chi connectivity index (χ0n) is 10.7. The summed E-state index contributed by atoms with van der Waals surface area (Å²) in [4.78, 5) is 1.23. The second kappa shape index (κ2) is 5.33. The first-order valence-corrected chi connectivity index (χ1v) is 6.83. The molecule has 0 amide bonds. The number of piperidine rings is 1. The van der Waals surface area contributed by atoms with Crippen LogP contribution in [0.25, 0.3) is 0 Å². The minimum absolute atomic E-state index is 0.313. The van der Waals surface area contributed by atoms with E-state index in [1.54, 1.807) is 7.11 Å². The second-order valence-corrected chi connectivity index (χ2v) is 6.11. The third-order valence-electron chi connectivity index (χ3n) is 3.40. The van der Waals surface area contributed by atoms with E-state index in [0.29, 0.717) is 11.5 Å². The Labute approximate surface area is 107 Å². The number of ether oxygens (including phenoxy) is 1. The normalized spacial score (nSPS) is 23.6. The predicted octanol–water partition coefficient (Wildman–Crippen LogP) is 1.63. The highest BCUT2D eigenvalue weighted by atomic mass is 32.1. The molecule has 1 aromatic heterocycles. The quantitative estimate of drug-likeness (QED) is 0.858. The largest absolute Gasteiger partial charge is 0.480 e. The van der Waals surface area contributed by atoms with Crippen LogP contribution in [0, 0.1) is 5.41 Å². The van der Waals surface area contributed by atoms with E-state index in [9.17, 15) is 0 Å². The van der Waals surface area contributed by atoms with E-state index < -0.39 is 0 Å². The number of hydrogen-bond acceptors (Lipinski definition) is 5. The monoisotopic (exact) mass is 255 g/mol. The zero-order chi connectivity index (χ0) is 12.3. The van der Waals surface area contributed by atoms with Gasteiger partial charge >= 0.3 is 0 Å². The van der Waals surface area contributed by atoms with Gasteiger partial charge in [-0.2, -0.15) is 4.37 Å². The molecule has 0 radical (unpaired) electrons. The third-order valence-corrected chi connectivity index (χ3v) is 4.17. The van der Waals surface area contributed by atoms with Gasteiger partial charge in [-0.05, 0) is 29.9 Å². The summed E-state index contributed by atoms with van der Waals surface area (Å²) < 4.78 is 9.29. The minimum atomic E-state index is 0.313. The summed E-state index contributed by atoms with van der Waals surface area (Å²) in [6.45, 7) is 7.69. The molecule has 0 spiro atoms. The van der Waals surface area contributed by atoms with Crippen LogP contribution in [-0.4, -0.2) is 30.6 Å². The molecule has 2 N–H and O–H groups in total. The second-order valence-electron chi connectivity index (χ2n) is 5.22. The topological polar surface area (TPSA) is 46.2 Å². The van der Waals surface area contributed by atoms with Gasteiger partial charge in [-0.3, -0.25) is 0 Å². The van der Waals surface area contributed by atoms with Crippen molar-refractivity contribution >= 4 is 11.5 Å². The van der Waals surface area contributed by atoms with Gasteiger partial charge < -0.3 is 15.4 Å². The molecule has 1 atom stereocenters. The Morgan fingerprint density at radius 2 is 2.47 bits per heavy atom. The molecular weight excluding hydrogens is 234 g/mol. The van der Waals surface area contributed by atoms with Crippen molar-refractivity contribution in [1.82, 2.24) is 15.0 Å². The molecule has 17 heavy (non-hydrogen) atoms. The molecule has 1 aliphatic rings. The highest BCUT2D eigenvalue weighted by Crippen LogP contribution is 2.25. The number of nitrogens with zero attached hydrogens (tertiary/aromatic N) is 1. The van der Waals surface area contributed by atoms with Crippen LogP contribution in [0.1, 0.15) is 25.1 Å². The molecule has 0 aromatic carbocycles. The maximum absolute atomic E-state index is 5.09. The predicted molar refractivity (Wildman–Crippen MR) is 70.6 cm³/mol. The van der Waals surface area contributed by atoms with Gasteiger partial charge in [0, 0.05) is 30.1 Å². The van der Waals surface area contributed by atoms with Crippen LogP contribution in [0.2, 0.25) is 0 Å². The van der Waals surface area contributed by atoms with Crippen molar-refractivity contribution in [2.75, 3.05) is 20.2 Å². The maximum Gasteiger partial charge on any atom is 0.225 e. The number of rotatable bonds is 4. The SMILES string of the molecule is COc1cc(CNC2CCNCC2(C)C)sn1.